The molecular weight excluding hydrogens is 225 g/mol. The van der Waals surface area contributed by atoms with Gasteiger partial charge in [0.05, 0.1) is 12.1 Å². The predicted molar refractivity (Wildman–Crippen MR) is 61.5 cm³/mol. The van der Waals surface area contributed by atoms with Gasteiger partial charge in [0.1, 0.15) is 5.82 Å². The van der Waals surface area contributed by atoms with Gasteiger partial charge in [0.2, 0.25) is 0 Å². The maximum Gasteiger partial charge on any atom is 0.256 e. The van der Waals surface area contributed by atoms with Gasteiger partial charge in [-0.25, -0.2) is 4.39 Å². The maximum absolute atomic E-state index is 13.7. The highest BCUT2D eigenvalue weighted by atomic mass is 19.1. The smallest absolute Gasteiger partial charge is 0.256 e. The van der Waals surface area contributed by atoms with Gasteiger partial charge in [-0.2, -0.15) is 0 Å². The van der Waals surface area contributed by atoms with Gasteiger partial charge in [-0.15, -0.1) is 0 Å². The Morgan fingerprint density at radius 2 is 2.24 bits per heavy atom. The summed E-state index contributed by atoms with van der Waals surface area (Å²) in [6, 6.07) is 4.58. The third-order valence-electron chi connectivity index (χ3n) is 2.30. The van der Waals surface area contributed by atoms with Gasteiger partial charge < -0.3 is 15.8 Å². The number of carbonyl (C=O) groups is 1. The molecule has 0 aliphatic carbocycles. The van der Waals surface area contributed by atoms with Gasteiger partial charge in [-0.05, 0) is 18.6 Å². The second kappa shape index (κ2) is 5.29. The van der Waals surface area contributed by atoms with Crippen molar-refractivity contribution in [2.45, 2.75) is 6.92 Å². The zero-order valence-electron chi connectivity index (χ0n) is 9.64. The lowest BCUT2D eigenvalue weighted by atomic mass is 10.1. The van der Waals surface area contributed by atoms with Crippen molar-refractivity contribution in [3.63, 3.8) is 0 Å². The van der Waals surface area contributed by atoms with E-state index in [-0.39, 0.29) is 17.9 Å². The quantitative estimate of drug-likeness (QED) is 0.357. The van der Waals surface area contributed by atoms with Crippen LogP contribution < -0.4 is 5.73 Å². The van der Waals surface area contributed by atoms with Crippen LogP contribution in [0, 0.1) is 12.7 Å². The number of likely N-dealkylation sites (N-methyl/N-ethyl adjacent to an activating group) is 1. The van der Waals surface area contributed by atoms with E-state index in [4.69, 9.17) is 10.9 Å². The number of hydrogen-bond acceptors (Lipinski definition) is 3. The molecule has 3 N–H and O–H groups in total. The normalized spacial score (nSPS) is 11.4. The summed E-state index contributed by atoms with van der Waals surface area (Å²) in [7, 11) is 1.45. The average molecular weight is 239 g/mol. The first-order valence-corrected chi connectivity index (χ1v) is 4.94. The molecule has 0 fully saturated rings. The molecule has 1 rings (SSSR count). The molecule has 1 amide bonds. The van der Waals surface area contributed by atoms with Gasteiger partial charge in [0.25, 0.3) is 5.91 Å². The topological polar surface area (TPSA) is 78.9 Å². The van der Waals surface area contributed by atoms with Crippen LogP contribution in [0.1, 0.15) is 15.9 Å². The van der Waals surface area contributed by atoms with Crippen molar-refractivity contribution in [2.24, 2.45) is 10.9 Å². The molecule has 0 unspecified atom stereocenters. The van der Waals surface area contributed by atoms with Crippen LogP contribution in [0.5, 0.6) is 0 Å². The van der Waals surface area contributed by atoms with Crippen molar-refractivity contribution < 1.29 is 14.4 Å². The first kappa shape index (κ1) is 13.0. The molecule has 0 atom stereocenters. The first-order chi connectivity index (χ1) is 7.97. The second-order valence-electron chi connectivity index (χ2n) is 3.69. The highest BCUT2D eigenvalue weighted by Gasteiger charge is 2.17. The van der Waals surface area contributed by atoms with E-state index in [0.717, 1.165) is 0 Å². The summed E-state index contributed by atoms with van der Waals surface area (Å²) in [5.41, 5.74) is 5.64. The molecule has 0 aromatic heterocycles. The summed E-state index contributed by atoms with van der Waals surface area (Å²) in [4.78, 5) is 13.0. The summed E-state index contributed by atoms with van der Waals surface area (Å²) in [6.07, 6.45) is 0. The molecule has 0 spiro atoms. The Balaban J connectivity index is 2.93. The fraction of sp³-hybridized carbons (Fsp3) is 0.273. The average Bonchev–Trinajstić information content (AvgIpc) is 2.31. The monoisotopic (exact) mass is 239 g/mol. The Hall–Kier alpha value is -2.11. The Kier molecular flexibility index (Phi) is 4.03. The molecule has 0 aliphatic rings. The largest absolute Gasteiger partial charge is 0.409 e. The number of amidine groups is 1. The molecule has 0 radical (unpaired) electrons. The van der Waals surface area contributed by atoms with E-state index >= 15 is 0 Å². The summed E-state index contributed by atoms with van der Waals surface area (Å²) in [5, 5.41) is 11.1. The second-order valence-corrected chi connectivity index (χ2v) is 3.69. The zero-order chi connectivity index (χ0) is 13.0. The van der Waals surface area contributed by atoms with Crippen LogP contribution in [0.3, 0.4) is 0 Å². The van der Waals surface area contributed by atoms with Crippen molar-refractivity contribution in [3.05, 3.63) is 35.1 Å². The number of halogens is 1. The molecular formula is C11H14FN3O2. The minimum absolute atomic E-state index is 0.0294. The van der Waals surface area contributed by atoms with Crippen molar-refractivity contribution in [1.82, 2.24) is 4.90 Å². The number of rotatable bonds is 3. The number of oxime groups is 1. The molecule has 0 saturated carbocycles. The molecule has 0 bridgehead atoms. The molecule has 17 heavy (non-hydrogen) atoms. The van der Waals surface area contributed by atoms with Gasteiger partial charge in [0.15, 0.2) is 5.84 Å². The minimum atomic E-state index is -0.552. The lowest BCUT2D eigenvalue weighted by Crippen LogP contribution is -2.36. The SMILES string of the molecule is Cc1cccc(C(=O)N(C)C/C(N)=N/O)c1F. The highest BCUT2D eigenvalue weighted by molar-refractivity contribution is 5.97. The van der Waals surface area contributed by atoms with Gasteiger partial charge in [0, 0.05) is 7.05 Å². The molecule has 6 heteroatoms. The molecule has 0 heterocycles. The van der Waals surface area contributed by atoms with E-state index in [1.54, 1.807) is 19.1 Å². The summed E-state index contributed by atoms with van der Waals surface area (Å²) < 4.78 is 13.7. The lowest BCUT2D eigenvalue weighted by molar-refractivity contribution is 0.0809. The molecule has 1 aromatic rings. The van der Waals surface area contributed by atoms with Crippen molar-refractivity contribution in [1.29, 1.82) is 0 Å². The third-order valence-corrected chi connectivity index (χ3v) is 2.30. The van der Waals surface area contributed by atoms with E-state index < -0.39 is 11.7 Å². The number of amides is 1. The van der Waals surface area contributed by atoms with Crippen LogP contribution in [0.15, 0.2) is 23.4 Å². The Labute approximate surface area is 98.3 Å². The first-order valence-electron chi connectivity index (χ1n) is 4.94. The zero-order valence-corrected chi connectivity index (χ0v) is 9.64. The van der Waals surface area contributed by atoms with Crippen LogP contribution in [0.2, 0.25) is 0 Å². The maximum atomic E-state index is 13.7. The van der Waals surface area contributed by atoms with Crippen molar-refractivity contribution >= 4 is 11.7 Å². The summed E-state index contributed by atoms with van der Waals surface area (Å²) >= 11 is 0. The fourth-order valence-corrected chi connectivity index (χ4v) is 1.36. The van der Waals surface area contributed by atoms with Crippen LogP contribution in [0.4, 0.5) is 4.39 Å². The fourth-order valence-electron chi connectivity index (χ4n) is 1.36. The van der Waals surface area contributed by atoms with E-state index in [2.05, 4.69) is 5.16 Å². The van der Waals surface area contributed by atoms with E-state index in [0.29, 0.717) is 5.56 Å². The summed E-state index contributed by atoms with van der Waals surface area (Å²) in [6.45, 7) is 1.51. The van der Waals surface area contributed by atoms with Gasteiger partial charge in [-0.1, -0.05) is 17.3 Å². The number of nitrogens with zero attached hydrogens (tertiary/aromatic N) is 2. The number of carbonyl (C=O) groups excluding carboxylic acids is 1. The molecule has 5 nitrogen and oxygen atoms in total. The lowest BCUT2D eigenvalue weighted by Gasteiger charge is -2.16. The number of hydrogen-bond donors (Lipinski definition) is 2. The van der Waals surface area contributed by atoms with Gasteiger partial charge >= 0.3 is 0 Å². The minimum Gasteiger partial charge on any atom is -0.409 e. The van der Waals surface area contributed by atoms with Crippen LogP contribution in [0.25, 0.3) is 0 Å². The van der Waals surface area contributed by atoms with Crippen LogP contribution in [-0.4, -0.2) is 35.4 Å². The van der Waals surface area contributed by atoms with Gasteiger partial charge in [-0.3, -0.25) is 4.79 Å². The molecule has 0 saturated heterocycles. The molecule has 1 aromatic carbocycles. The van der Waals surface area contributed by atoms with Crippen LogP contribution in [-0.2, 0) is 0 Å². The highest BCUT2D eigenvalue weighted by Crippen LogP contribution is 2.13. The third kappa shape index (κ3) is 2.93. The van der Waals surface area contributed by atoms with Crippen molar-refractivity contribution in [2.75, 3.05) is 13.6 Å². The van der Waals surface area contributed by atoms with Crippen LogP contribution >= 0.6 is 0 Å². The van der Waals surface area contributed by atoms with Crippen molar-refractivity contribution in [3.8, 4) is 0 Å². The Morgan fingerprint density at radius 3 is 2.82 bits per heavy atom. The van der Waals surface area contributed by atoms with E-state index in [1.807, 2.05) is 0 Å². The van der Waals surface area contributed by atoms with E-state index in [1.165, 1.54) is 18.0 Å². The summed E-state index contributed by atoms with van der Waals surface area (Å²) in [5.74, 6) is -1.18. The molecule has 92 valence electrons. The Morgan fingerprint density at radius 1 is 1.59 bits per heavy atom. The van der Waals surface area contributed by atoms with E-state index in [9.17, 15) is 9.18 Å². The molecule has 0 aliphatic heterocycles. The predicted octanol–water partition coefficient (Wildman–Crippen LogP) is 0.953. The standard InChI is InChI=1S/C11H14FN3O2/c1-7-4-3-5-8(10(7)12)11(16)15(2)6-9(13)14-17/h3-5,17H,6H2,1-2H3,(H2,13,14). The number of aryl methyl sites for hydroxylation is 1. The number of nitrogens with two attached hydrogens (primary N) is 1. The number of benzene rings is 1. The Bertz CT molecular complexity index is 460.